The molecule has 1 aromatic carbocycles. The quantitative estimate of drug-likeness (QED) is 0.795. The Morgan fingerprint density at radius 3 is 2.56 bits per heavy atom. The first-order valence-electron chi connectivity index (χ1n) is 7.88. The Bertz CT molecular complexity index is 812. The van der Waals surface area contributed by atoms with Gasteiger partial charge < -0.3 is 19.9 Å². The van der Waals surface area contributed by atoms with E-state index in [1.165, 1.54) is 7.11 Å². The largest absolute Gasteiger partial charge is 0.465 e. The molecule has 1 heterocycles. The fourth-order valence-corrected chi connectivity index (χ4v) is 2.88. The van der Waals surface area contributed by atoms with Gasteiger partial charge in [0.25, 0.3) is 5.91 Å². The molecule has 0 spiro atoms. The van der Waals surface area contributed by atoms with Crippen molar-refractivity contribution in [1.82, 2.24) is 4.98 Å². The Kier molecular flexibility index (Phi) is 5.74. The number of esters is 1. The van der Waals surface area contributed by atoms with Crippen molar-refractivity contribution in [3.8, 4) is 0 Å². The van der Waals surface area contributed by atoms with Gasteiger partial charge in [-0.15, -0.1) is 0 Å². The van der Waals surface area contributed by atoms with Crippen molar-refractivity contribution in [3.05, 3.63) is 45.7 Å². The average molecular weight is 364 g/mol. The van der Waals surface area contributed by atoms with Crippen LogP contribution in [0.2, 0.25) is 5.02 Å². The summed E-state index contributed by atoms with van der Waals surface area (Å²) in [7, 11) is 5.08. The lowest BCUT2D eigenvalue weighted by Gasteiger charge is -2.18. The van der Waals surface area contributed by atoms with Crippen LogP contribution in [0.4, 0.5) is 11.4 Å². The lowest BCUT2D eigenvalue weighted by Crippen LogP contribution is -2.18. The lowest BCUT2D eigenvalue weighted by atomic mass is 10.1. The van der Waals surface area contributed by atoms with Crippen LogP contribution in [0.25, 0.3) is 0 Å². The van der Waals surface area contributed by atoms with Gasteiger partial charge in [0.2, 0.25) is 0 Å². The number of nitrogens with zero attached hydrogens (tertiary/aromatic N) is 1. The van der Waals surface area contributed by atoms with Crippen molar-refractivity contribution in [2.75, 3.05) is 31.4 Å². The summed E-state index contributed by atoms with van der Waals surface area (Å²) in [5, 5.41) is 3.38. The topological polar surface area (TPSA) is 74.4 Å². The van der Waals surface area contributed by atoms with Gasteiger partial charge >= 0.3 is 5.97 Å². The number of aromatic nitrogens is 1. The Hall–Kier alpha value is -2.47. The number of benzene rings is 1. The fraction of sp³-hybridized carbons (Fsp3) is 0.333. The highest BCUT2D eigenvalue weighted by Gasteiger charge is 2.24. The van der Waals surface area contributed by atoms with Gasteiger partial charge in [-0.05, 0) is 37.1 Å². The van der Waals surface area contributed by atoms with Gasteiger partial charge in [0.1, 0.15) is 5.69 Å². The van der Waals surface area contributed by atoms with Crippen molar-refractivity contribution in [1.29, 1.82) is 0 Å². The second-order valence-electron chi connectivity index (χ2n) is 5.83. The molecule has 0 unspecified atom stereocenters. The number of halogens is 1. The summed E-state index contributed by atoms with van der Waals surface area (Å²) in [6.45, 7) is 3.63. The highest BCUT2D eigenvalue weighted by atomic mass is 35.5. The second-order valence-corrected chi connectivity index (χ2v) is 6.27. The number of anilines is 2. The third-order valence-electron chi connectivity index (χ3n) is 3.99. The standard InChI is InChI=1S/C18H22ClN3O3/c1-6-12-15(18(24)25-5)10(2)16(20-12)17(23)21-13-9-11(19)7-8-14(13)22(3)4/h7-9,20H,6H2,1-5H3,(H,21,23). The fourth-order valence-electron chi connectivity index (χ4n) is 2.71. The summed E-state index contributed by atoms with van der Waals surface area (Å²) >= 11 is 6.06. The molecular formula is C18H22ClN3O3. The van der Waals surface area contributed by atoms with E-state index in [1.54, 1.807) is 19.1 Å². The second kappa shape index (κ2) is 7.61. The van der Waals surface area contributed by atoms with Gasteiger partial charge in [-0.2, -0.15) is 0 Å². The smallest absolute Gasteiger partial charge is 0.339 e. The lowest BCUT2D eigenvalue weighted by molar-refractivity contribution is 0.0599. The Morgan fingerprint density at radius 1 is 1.32 bits per heavy atom. The van der Waals surface area contributed by atoms with Crippen molar-refractivity contribution in [2.24, 2.45) is 0 Å². The van der Waals surface area contributed by atoms with Gasteiger partial charge in [-0.1, -0.05) is 18.5 Å². The SMILES string of the molecule is CCc1[nH]c(C(=O)Nc2cc(Cl)ccc2N(C)C)c(C)c1C(=O)OC. The molecule has 1 amide bonds. The molecule has 0 aliphatic carbocycles. The molecule has 0 radical (unpaired) electrons. The number of rotatable bonds is 5. The van der Waals surface area contributed by atoms with Crippen LogP contribution in [0.1, 0.15) is 39.0 Å². The highest BCUT2D eigenvalue weighted by molar-refractivity contribution is 6.31. The molecule has 0 atom stereocenters. The van der Waals surface area contributed by atoms with Crippen LogP contribution in [0, 0.1) is 6.92 Å². The molecule has 0 aliphatic heterocycles. The number of carbonyl (C=O) groups excluding carboxylic acids is 2. The van der Waals surface area contributed by atoms with E-state index in [0.29, 0.717) is 39.6 Å². The van der Waals surface area contributed by atoms with Crippen molar-refractivity contribution in [2.45, 2.75) is 20.3 Å². The van der Waals surface area contributed by atoms with Crippen molar-refractivity contribution < 1.29 is 14.3 Å². The van der Waals surface area contributed by atoms with Gasteiger partial charge in [0.05, 0.1) is 24.0 Å². The van der Waals surface area contributed by atoms with E-state index >= 15 is 0 Å². The van der Waals surface area contributed by atoms with Gasteiger partial charge in [0.15, 0.2) is 0 Å². The Labute approximate surface area is 152 Å². The van der Waals surface area contributed by atoms with Gasteiger partial charge in [-0.3, -0.25) is 4.79 Å². The molecule has 0 aliphatic rings. The van der Waals surface area contributed by atoms with Crippen molar-refractivity contribution in [3.63, 3.8) is 0 Å². The van der Waals surface area contributed by atoms with Gasteiger partial charge in [-0.25, -0.2) is 4.79 Å². The van der Waals surface area contributed by atoms with E-state index in [1.807, 2.05) is 32.0 Å². The third-order valence-corrected chi connectivity index (χ3v) is 4.22. The van der Waals surface area contributed by atoms with Crippen LogP contribution in [0.3, 0.4) is 0 Å². The number of nitrogens with one attached hydrogen (secondary N) is 2. The summed E-state index contributed by atoms with van der Waals surface area (Å²) in [6.07, 6.45) is 0.582. The van der Waals surface area contributed by atoms with E-state index in [0.717, 1.165) is 5.69 Å². The minimum Gasteiger partial charge on any atom is -0.465 e. The van der Waals surface area contributed by atoms with Crippen molar-refractivity contribution >= 4 is 34.9 Å². The number of aryl methyl sites for hydroxylation is 1. The maximum Gasteiger partial charge on any atom is 0.339 e. The molecule has 134 valence electrons. The molecule has 7 heteroatoms. The molecule has 25 heavy (non-hydrogen) atoms. The Balaban J connectivity index is 2.42. The minimum absolute atomic E-state index is 0.335. The molecule has 0 saturated carbocycles. The molecule has 0 fully saturated rings. The first-order chi connectivity index (χ1) is 11.8. The highest BCUT2D eigenvalue weighted by Crippen LogP contribution is 2.29. The van der Waals surface area contributed by atoms with Gasteiger partial charge in [0, 0.05) is 24.8 Å². The normalized spacial score (nSPS) is 10.5. The third kappa shape index (κ3) is 3.79. The first-order valence-corrected chi connectivity index (χ1v) is 8.25. The zero-order valence-corrected chi connectivity index (χ0v) is 15.7. The Morgan fingerprint density at radius 2 is 2.00 bits per heavy atom. The summed E-state index contributed by atoms with van der Waals surface area (Å²) in [5.74, 6) is -0.797. The molecule has 2 N–H and O–H groups in total. The number of hydrogen-bond donors (Lipinski definition) is 2. The molecular weight excluding hydrogens is 342 g/mol. The van der Waals surface area contributed by atoms with Crippen LogP contribution in [0.5, 0.6) is 0 Å². The maximum absolute atomic E-state index is 12.8. The number of methoxy groups -OCH3 is 1. The van der Waals surface area contributed by atoms with Crippen LogP contribution in [0.15, 0.2) is 18.2 Å². The van der Waals surface area contributed by atoms with Crippen LogP contribution < -0.4 is 10.2 Å². The van der Waals surface area contributed by atoms with E-state index in [2.05, 4.69) is 10.3 Å². The first kappa shape index (κ1) is 18.9. The van der Waals surface area contributed by atoms with E-state index in [4.69, 9.17) is 16.3 Å². The summed E-state index contributed by atoms with van der Waals surface area (Å²) < 4.78 is 4.82. The van der Waals surface area contributed by atoms with Crippen LogP contribution in [-0.4, -0.2) is 38.1 Å². The van der Waals surface area contributed by atoms with E-state index in [9.17, 15) is 9.59 Å². The molecule has 0 saturated heterocycles. The molecule has 2 rings (SSSR count). The molecule has 6 nitrogen and oxygen atoms in total. The zero-order chi connectivity index (χ0) is 18.7. The number of H-pyrrole nitrogens is 1. The predicted octanol–water partition coefficient (Wildman–Crippen LogP) is 3.64. The molecule has 2 aromatic rings. The summed E-state index contributed by atoms with van der Waals surface area (Å²) in [6, 6.07) is 5.28. The predicted molar refractivity (Wildman–Crippen MR) is 100.0 cm³/mol. The molecule has 0 bridgehead atoms. The van der Waals surface area contributed by atoms with E-state index < -0.39 is 5.97 Å². The number of aromatic amines is 1. The van der Waals surface area contributed by atoms with Crippen LogP contribution >= 0.6 is 11.6 Å². The summed E-state index contributed by atoms with van der Waals surface area (Å²) in [5.41, 5.74) is 3.40. The number of carbonyl (C=O) groups is 2. The van der Waals surface area contributed by atoms with E-state index in [-0.39, 0.29) is 5.91 Å². The minimum atomic E-state index is -0.457. The molecule has 1 aromatic heterocycles. The summed E-state index contributed by atoms with van der Waals surface area (Å²) in [4.78, 5) is 29.7. The monoisotopic (exact) mass is 363 g/mol. The number of hydrogen-bond acceptors (Lipinski definition) is 4. The van der Waals surface area contributed by atoms with Crippen LogP contribution in [-0.2, 0) is 11.2 Å². The zero-order valence-electron chi connectivity index (χ0n) is 15.0. The average Bonchev–Trinajstić information content (AvgIpc) is 2.90. The number of ether oxygens (including phenoxy) is 1. The maximum atomic E-state index is 12.8. The number of amides is 1.